The predicted octanol–water partition coefficient (Wildman–Crippen LogP) is 3.04. The average Bonchev–Trinajstić information content (AvgIpc) is 2.65. The fraction of sp³-hybridized carbons (Fsp3) is 0.350. The van der Waals surface area contributed by atoms with Gasteiger partial charge in [0.2, 0.25) is 5.91 Å². The van der Waals surface area contributed by atoms with E-state index in [1.807, 2.05) is 56.3 Å². The van der Waals surface area contributed by atoms with Gasteiger partial charge in [-0.05, 0) is 29.5 Å². The van der Waals surface area contributed by atoms with Crippen molar-refractivity contribution in [3.63, 3.8) is 0 Å². The number of alkyl carbamates (subject to hydrolysis) is 1. The van der Waals surface area contributed by atoms with E-state index in [-0.39, 0.29) is 18.4 Å². The van der Waals surface area contributed by atoms with E-state index < -0.39 is 12.1 Å². The molecule has 1 aromatic heterocycles. The minimum absolute atomic E-state index is 0.165. The number of pyridine rings is 1. The Hall–Kier alpha value is -2.89. The molecule has 0 spiro atoms. The van der Waals surface area contributed by atoms with Crippen molar-refractivity contribution >= 4 is 12.0 Å². The standard InChI is InChI=1S/C20H25N3O3/c1-15(2)11-18(19(24)22-13-17-9-6-10-21-12-17)23-20(25)26-14-16-7-4-3-5-8-16/h3-10,12,15,18H,11,13-14H2,1-2H3,(H,22,24)(H,23,25)/t18-/m0/s1. The van der Waals surface area contributed by atoms with E-state index >= 15 is 0 Å². The van der Waals surface area contributed by atoms with Crippen LogP contribution in [0.5, 0.6) is 0 Å². The van der Waals surface area contributed by atoms with Crippen molar-refractivity contribution < 1.29 is 14.3 Å². The van der Waals surface area contributed by atoms with Gasteiger partial charge in [-0.2, -0.15) is 0 Å². The third-order valence-corrected chi connectivity index (χ3v) is 3.72. The van der Waals surface area contributed by atoms with E-state index in [1.54, 1.807) is 12.4 Å². The monoisotopic (exact) mass is 355 g/mol. The molecule has 6 nitrogen and oxygen atoms in total. The van der Waals surface area contributed by atoms with Gasteiger partial charge in [0.1, 0.15) is 12.6 Å². The molecule has 1 heterocycles. The molecule has 2 N–H and O–H groups in total. The summed E-state index contributed by atoms with van der Waals surface area (Å²) in [5.74, 6) is 0.0118. The van der Waals surface area contributed by atoms with Crippen molar-refractivity contribution in [3.8, 4) is 0 Å². The summed E-state index contributed by atoms with van der Waals surface area (Å²) >= 11 is 0. The summed E-state index contributed by atoms with van der Waals surface area (Å²) in [5.41, 5.74) is 1.79. The summed E-state index contributed by atoms with van der Waals surface area (Å²) in [4.78, 5) is 28.5. The number of nitrogens with zero attached hydrogens (tertiary/aromatic N) is 1. The SMILES string of the molecule is CC(C)C[C@H](NC(=O)OCc1ccccc1)C(=O)NCc1cccnc1. The van der Waals surface area contributed by atoms with Gasteiger partial charge in [0.15, 0.2) is 0 Å². The summed E-state index contributed by atoms with van der Waals surface area (Å²) in [6.45, 7) is 4.52. The quantitative estimate of drug-likeness (QED) is 0.763. The zero-order valence-electron chi connectivity index (χ0n) is 15.1. The van der Waals surface area contributed by atoms with Gasteiger partial charge in [-0.15, -0.1) is 0 Å². The topological polar surface area (TPSA) is 80.3 Å². The van der Waals surface area contributed by atoms with Gasteiger partial charge in [0, 0.05) is 18.9 Å². The van der Waals surface area contributed by atoms with Crippen molar-refractivity contribution in [2.45, 2.75) is 39.5 Å². The van der Waals surface area contributed by atoms with E-state index in [9.17, 15) is 9.59 Å². The van der Waals surface area contributed by atoms with Gasteiger partial charge in [-0.25, -0.2) is 4.79 Å². The van der Waals surface area contributed by atoms with Crippen LogP contribution in [0.1, 0.15) is 31.4 Å². The molecule has 0 aliphatic rings. The fourth-order valence-corrected chi connectivity index (χ4v) is 2.43. The van der Waals surface area contributed by atoms with Crippen molar-refractivity contribution in [2.75, 3.05) is 0 Å². The number of ether oxygens (including phenoxy) is 1. The third kappa shape index (κ3) is 6.93. The summed E-state index contributed by atoms with van der Waals surface area (Å²) in [7, 11) is 0. The summed E-state index contributed by atoms with van der Waals surface area (Å²) < 4.78 is 5.21. The van der Waals surface area contributed by atoms with Crippen molar-refractivity contribution in [2.24, 2.45) is 5.92 Å². The van der Waals surface area contributed by atoms with E-state index in [0.717, 1.165) is 11.1 Å². The van der Waals surface area contributed by atoms with Crippen LogP contribution in [0.2, 0.25) is 0 Å². The average molecular weight is 355 g/mol. The molecule has 2 aromatic rings. The van der Waals surface area contributed by atoms with Crippen LogP contribution in [-0.2, 0) is 22.7 Å². The Morgan fingerprint density at radius 3 is 2.46 bits per heavy atom. The predicted molar refractivity (Wildman–Crippen MR) is 99.1 cm³/mol. The maximum absolute atomic E-state index is 12.5. The van der Waals surface area contributed by atoms with Crippen LogP contribution in [-0.4, -0.2) is 23.0 Å². The maximum Gasteiger partial charge on any atom is 0.408 e. The summed E-state index contributed by atoms with van der Waals surface area (Å²) in [5, 5.41) is 5.50. The van der Waals surface area contributed by atoms with Crippen LogP contribution in [0.25, 0.3) is 0 Å². The molecule has 1 atom stereocenters. The second-order valence-corrected chi connectivity index (χ2v) is 6.47. The van der Waals surface area contributed by atoms with Gasteiger partial charge in [0.05, 0.1) is 0 Å². The number of carbonyl (C=O) groups excluding carboxylic acids is 2. The smallest absolute Gasteiger partial charge is 0.408 e. The van der Waals surface area contributed by atoms with Crippen LogP contribution in [0.3, 0.4) is 0 Å². The van der Waals surface area contributed by atoms with E-state index in [4.69, 9.17) is 4.74 Å². The highest BCUT2D eigenvalue weighted by atomic mass is 16.5. The van der Waals surface area contributed by atoms with E-state index in [2.05, 4.69) is 15.6 Å². The summed E-state index contributed by atoms with van der Waals surface area (Å²) in [6.07, 6.45) is 3.30. The molecule has 0 unspecified atom stereocenters. The molecule has 2 rings (SSSR count). The molecule has 1 aromatic carbocycles. The summed E-state index contributed by atoms with van der Waals surface area (Å²) in [6, 6.07) is 12.5. The number of hydrogen-bond donors (Lipinski definition) is 2. The zero-order chi connectivity index (χ0) is 18.8. The zero-order valence-corrected chi connectivity index (χ0v) is 15.1. The lowest BCUT2D eigenvalue weighted by molar-refractivity contribution is -0.123. The Kier molecular flexibility index (Phi) is 7.61. The van der Waals surface area contributed by atoms with E-state index in [1.165, 1.54) is 0 Å². The van der Waals surface area contributed by atoms with Gasteiger partial charge >= 0.3 is 6.09 Å². The van der Waals surface area contributed by atoms with Gasteiger partial charge in [-0.3, -0.25) is 9.78 Å². The van der Waals surface area contributed by atoms with Crippen LogP contribution < -0.4 is 10.6 Å². The second kappa shape index (κ2) is 10.2. The number of nitrogens with one attached hydrogen (secondary N) is 2. The molecule has 0 aliphatic carbocycles. The van der Waals surface area contributed by atoms with Crippen molar-refractivity contribution in [3.05, 3.63) is 66.0 Å². The molecular formula is C20H25N3O3. The second-order valence-electron chi connectivity index (χ2n) is 6.47. The lowest BCUT2D eigenvalue weighted by Gasteiger charge is -2.20. The molecule has 138 valence electrons. The number of carbonyl (C=O) groups is 2. The molecule has 0 saturated heterocycles. The maximum atomic E-state index is 12.5. The number of rotatable bonds is 8. The molecule has 0 radical (unpaired) electrons. The molecule has 6 heteroatoms. The normalized spacial score (nSPS) is 11.7. The molecule has 2 amide bonds. The number of benzene rings is 1. The number of hydrogen-bond acceptors (Lipinski definition) is 4. The van der Waals surface area contributed by atoms with E-state index in [0.29, 0.717) is 13.0 Å². The van der Waals surface area contributed by atoms with Crippen LogP contribution in [0, 0.1) is 5.92 Å². The Morgan fingerprint density at radius 1 is 1.08 bits per heavy atom. The molecule has 0 saturated carbocycles. The van der Waals surface area contributed by atoms with Gasteiger partial charge < -0.3 is 15.4 Å². The molecule has 0 aliphatic heterocycles. The first-order valence-corrected chi connectivity index (χ1v) is 8.68. The fourth-order valence-electron chi connectivity index (χ4n) is 2.43. The molecular weight excluding hydrogens is 330 g/mol. The Labute approximate surface area is 154 Å². The highest BCUT2D eigenvalue weighted by molar-refractivity contribution is 5.85. The first-order valence-electron chi connectivity index (χ1n) is 8.68. The number of aromatic nitrogens is 1. The lowest BCUT2D eigenvalue weighted by atomic mass is 10.0. The highest BCUT2D eigenvalue weighted by Crippen LogP contribution is 2.07. The highest BCUT2D eigenvalue weighted by Gasteiger charge is 2.22. The van der Waals surface area contributed by atoms with Crippen LogP contribution >= 0.6 is 0 Å². The van der Waals surface area contributed by atoms with Gasteiger partial charge in [0.25, 0.3) is 0 Å². The van der Waals surface area contributed by atoms with Gasteiger partial charge in [-0.1, -0.05) is 50.2 Å². The third-order valence-electron chi connectivity index (χ3n) is 3.72. The van der Waals surface area contributed by atoms with Crippen molar-refractivity contribution in [1.29, 1.82) is 0 Å². The first kappa shape index (κ1) is 19.4. The minimum atomic E-state index is -0.644. The molecule has 0 fully saturated rings. The molecule has 26 heavy (non-hydrogen) atoms. The molecule has 0 bridgehead atoms. The minimum Gasteiger partial charge on any atom is -0.445 e. The Bertz CT molecular complexity index is 690. The van der Waals surface area contributed by atoms with Crippen LogP contribution in [0.15, 0.2) is 54.9 Å². The largest absolute Gasteiger partial charge is 0.445 e. The number of amides is 2. The van der Waals surface area contributed by atoms with Crippen molar-refractivity contribution in [1.82, 2.24) is 15.6 Å². The Morgan fingerprint density at radius 2 is 1.81 bits per heavy atom. The lowest BCUT2D eigenvalue weighted by Crippen LogP contribution is -2.47. The first-order chi connectivity index (χ1) is 12.5. The van der Waals surface area contributed by atoms with Crippen LogP contribution in [0.4, 0.5) is 4.79 Å². The Balaban J connectivity index is 1.86.